The highest BCUT2D eigenvalue weighted by Gasteiger charge is 2.44. The van der Waals surface area contributed by atoms with Crippen molar-refractivity contribution in [3.8, 4) is 0 Å². The lowest BCUT2D eigenvalue weighted by Gasteiger charge is -2.34. The number of halogens is 1. The minimum Gasteiger partial charge on any atom is -0.391 e. The van der Waals surface area contributed by atoms with Crippen molar-refractivity contribution in [3.05, 3.63) is 41.7 Å². The molecule has 1 saturated carbocycles. The summed E-state index contributed by atoms with van der Waals surface area (Å²) in [6.07, 6.45) is 5.62. The van der Waals surface area contributed by atoms with E-state index >= 15 is 0 Å². The molecule has 1 saturated heterocycles. The van der Waals surface area contributed by atoms with Crippen LogP contribution < -0.4 is 0 Å². The Hall–Kier alpha value is -1.99. The second-order valence-electron chi connectivity index (χ2n) is 6.57. The molecule has 8 heteroatoms. The van der Waals surface area contributed by atoms with E-state index in [1.165, 1.54) is 12.5 Å². The molecule has 1 amide bonds. The molecule has 0 radical (unpaired) electrons. The summed E-state index contributed by atoms with van der Waals surface area (Å²) in [5.74, 6) is 0.600. The minimum atomic E-state index is -0.461. The number of hydrogen-bond acceptors (Lipinski definition) is 5. The number of likely N-dealkylation sites (tertiary alicyclic amines) is 1. The number of fused-ring (bicyclic) bond motifs is 1. The third-order valence-corrected chi connectivity index (χ3v) is 5.34. The zero-order valence-corrected chi connectivity index (χ0v) is 13.8. The van der Waals surface area contributed by atoms with Crippen LogP contribution in [-0.2, 0) is 0 Å². The number of hydrogen-bond donors (Lipinski definition) is 1. The summed E-state index contributed by atoms with van der Waals surface area (Å²) in [5, 5.41) is 15.1. The highest BCUT2D eigenvalue weighted by atomic mass is 35.5. The number of carbonyl (C=O) groups excluding carboxylic acids is 1. The molecule has 7 nitrogen and oxygen atoms in total. The lowest BCUT2D eigenvalue weighted by molar-refractivity contribution is 0.0304. The van der Waals surface area contributed by atoms with Gasteiger partial charge in [0, 0.05) is 19.3 Å². The third-order valence-electron chi connectivity index (χ3n) is 5.12. The van der Waals surface area contributed by atoms with E-state index in [-0.39, 0.29) is 11.9 Å². The largest absolute Gasteiger partial charge is 0.391 e. The monoisotopic (exact) mass is 347 g/mol. The summed E-state index contributed by atoms with van der Waals surface area (Å²) < 4.78 is 1.73. The van der Waals surface area contributed by atoms with Crippen LogP contribution in [0.25, 0.3) is 0 Å². The molecule has 3 heterocycles. The Morgan fingerprint density at radius 1 is 1.25 bits per heavy atom. The number of aliphatic hydroxyl groups excluding tert-OH is 1. The van der Waals surface area contributed by atoms with Gasteiger partial charge in [0.1, 0.15) is 18.3 Å². The van der Waals surface area contributed by atoms with Crippen LogP contribution >= 0.6 is 11.6 Å². The van der Waals surface area contributed by atoms with Gasteiger partial charge in [0.05, 0.1) is 17.2 Å². The highest BCUT2D eigenvalue weighted by Crippen LogP contribution is 2.41. The molecule has 24 heavy (non-hydrogen) atoms. The number of carbonyl (C=O) groups is 1. The topological polar surface area (TPSA) is 84.1 Å². The van der Waals surface area contributed by atoms with Gasteiger partial charge in [-0.2, -0.15) is 5.10 Å². The molecule has 0 spiro atoms. The van der Waals surface area contributed by atoms with E-state index in [0.717, 1.165) is 6.42 Å². The fraction of sp³-hybridized carbons (Fsp3) is 0.500. The first-order chi connectivity index (χ1) is 11.6. The van der Waals surface area contributed by atoms with Crippen molar-refractivity contribution < 1.29 is 9.90 Å². The van der Waals surface area contributed by atoms with E-state index < -0.39 is 6.10 Å². The van der Waals surface area contributed by atoms with Crippen LogP contribution in [0.4, 0.5) is 0 Å². The van der Waals surface area contributed by atoms with Crippen molar-refractivity contribution in [2.75, 3.05) is 13.1 Å². The van der Waals surface area contributed by atoms with Gasteiger partial charge in [-0.15, -0.1) is 0 Å². The highest BCUT2D eigenvalue weighted by molar-refractivity contribution is 6.30. The quantitative estimate of drug-likeness (QED) is 0.888. The van der Waals surface area contributed by atoms with Crippen LogP contribution in [0.3, 0.4) is 0 Å². The molecule has 2 aromatic rings. The molecule has 0 aromatic carbocycles. The van der Waals surface area contributed by atoms with Crippen LogP contribution in [0.2, 0.25) is 5.02 Å². The predicted octanol–water partition coefficient (Wildman–Crippen LogP) is 1.41. The summed E-state index contributed by atoms with van der Waals surface area (Å²) >= 11 is 5.83. The van der Waals surface area contributed by atoms with Crippen LogP contribution in [-0.4, -0.2) is 54.9 Å². The summed E-state index contributed by atoms with van der Waals surface area (Å²) in [7, 11) is 0. The second kappa shape index (κ2) is 6.14. The minimum absolute atomic E-state index is 0.0718. The predicted molar refractivity (Wildman–Crippen MR) is 86.4 cm³/mol. The maximum atomic E-state index is 12.6. The Morgan fingerprint density at radius 2 is 2.04 bits per heavy atom. The fourth-order valence-electron chi connectivity index (χ4n) is 3.91. The SMILES string of the molecule is O=C(c1ccc(Cl)cn1)N1C[C@H]2C[C@@H](n3cncn3)[C@H](O)C[C@H]2C1. The van der Waals surface area contributed by atoms with Gasteiger partial charge in [-0.3, -0.25) is 4.79 Å². The molecular formula is C16H18ClN5O2. The van der Waals surface area contributed by atoms with Crippen LogP contribution in [0.1, 0.15) is 29.4 Å². The number of aliphatic hydroxyl groups is 1. The Balaban J connectivity index is 1.47. The maximum Gasteiger partial charge on any atom is 0.272 e. The summed E-state index contributed by atoms with van der Waals surface area (Å²) in [6.45, 7) is 1.35. The zero-order chi connectivity index (χ0) is 16.7. The van der Waals surface area contributed by atoms with Crippen LogP contribution in [0, 0.1) is 11.8 Å². The Morgan fingerprint density at radius 3 is 2.71 bits per heavy atom. The fourth-order valence-corrected chi connectivity index (χ4v) is 4.02. The molecule has 2 fully saturated rings. The van der Waals surface area contributed by atoms with Crippen molar-refractivity contribution in [2.45, 2.75) is 25.0 Å². The summed E-state index contributed by atoms with van der Waals surface area (Å²) in [6, 6.07) is 3.26. The van der Waals surface area contributed by atoms with Gasteiger partial charge in [-0.25, -0.2) is 14.6 Å². The van der Waals surface area contributed by atoms with Crippen molar-refractivity contribution in [1.29, 1.82) is 0 Å². The normalized spacial score (nSPS) is 29.5. The van der Waals surface area contributed by atoms with E-state index in [9.17, 15) is 9.90 Å². The number of nitrogens with zero attached hydrogens (tertiary/aromatic N) is 5. The standard InChI is InChI=1S/C16H18ClN5O2/c17-12-1-2-13(19-5-12)16(24)21-6-10-3-14(22-9-18-8-20-22)15(23)4-11(10)7-21/h1-2,5,8-11,14-15,23H,3-4,6-7H2/t10-,11+,14-,15-/m1/s1. The zero-order valence-electron chi connectivity index (χ0n) is 13.0. The third kappa shape index (κ3) is 2.78. The lowest BCUT2D eigenvalue weighted by atomic mass is 9.77. The molecule has 126 valence electrons. The molecule has 4 atom stereocenters. The van der Waals surface area contributed by atoms with Gasteiger partial charge in [0.25, 0.3) is 5.91 Å². The molecule has 0 unspecified atom stereocenters. The molecule has 1 aliphatic carbocycles. The van der Waals surface area contributed by atoms with Crippen molar-refractivity contribution in [2.24, 2.45) is 11.8 Å². The number of aromatic nitrogens is 4. The van der Waals surface area contributed by atoms with E-state index in [1.54, 1.807) is 23.1 Å². The van der Waals surface area contributed by atoms with Crippen molar-refractivity contribution in [3.63, 3.8) is 0 Å². The van der Waals surface area contributed by atoms with Crippen molar-refractivity contribution >= 4 is 17.5 Å². The first-order valence-electron chi connectivity index (χ1n) is 8.05. The number of rotatable bonds is 2. The van der Waals surface area contributed by atoms with E-state index in [1.807, 2.05) is 4.90 Å². The van der Waals surface area contributed by atoms with Gasteiger partial charge in [-0.1, -0.05) is 11.6 Å². The number of amides is 1. The van der Waals surface area contributed by atoms with E-state index in [2.05, 4.69) is 15.1 Å². The van der Waals surface area contributed by atoms with Gasteiger partial charge in [0.15, 0.2) is 0 Å². The molecule has 1 N–H and O–H groups in total. The maximum absolute atomic E-state index is 12.6. The molecule has 4 rings (SSSR count). The van der Waals surface area contributed by atoms with Gasteiger partial charge in [-0.05, 0) is 36.8 Å². The lowest BCUT2D eigenvalue weighted by Crippen LogP contribution is -2.36. The average molecular weight is 348 g/mol. The van der Waals surface area contributed by atoms with E-state index in [0.29, 0.717) is 42.1 Å². The first-order valence-corrected chi connectivity index (χ1v) is 8.42. The van der Waals surface area contributed by atoms with Crippen molar-refractivity contribution in [1.82, 2.24) is 24.6 Å². The van der Waals surface area contributed by atoms with Crippen LogP contribution in [0.5, 0.6) is 0 Å². The molecule has 0 bridgehead atoms. The Labute approximate surface area is 144 Å². The average Bonchev–Trinajstić information content (AvgIpc) is 3.23. The smallest absolute Gasteiger partial charge is 0.272 e. The van der Waals surface area contributed by atoms with Gasteiger partial charge >= 0.3 is 0 Å². The van der Waals surface area contributed by atoms with Gasteiger partial charge in [0.2, 0.25) is 0 Å². The molecule has 2 aliphatic rings. The summed E-state index contributed by atoms with van der Waals surface area (Å²) in [4.78, 5) is 22.5. The Bertz CT molecular complexity index is 721. The first kappa shape index (κ1) is 15.5. The van der Waals surface area contributed by atoms with Gasteiger partial charge < -0.3 is 10.0 Å². The second-order valence-corrected chi connectivity index (χ2v) is 7.01. The van der Waals surface area contributed by atoms with E-state index in [4.69, 9.17) is 11.6 Å². The summed E-state index contributed by atoms with van der Waals surface area (Å²) in [5.41, 5.74) is 0.409. The number of pyridine rings is 1. The molecule has 2 aromatic heterocycles. The van der Waals surface area contributed by atoms with Crippen LogP contribution in [0.15, 0.2) is 31.0 Å². The molecular weight excluding hydrogens is 330 g/mol. The molecule has 1 aliphatic heterocycles. The Kier molecular flexibility index (Phi) is 3.97.